The summed E-state index contributed by atoms with van der Waals surface area (Å²) in [4.78, 5) is 21.2. The van der Waals surface area contributed by atoms with E-state index in [4.69, 9.17) is 17.3 Å². The summed E-state index contributed by atoms with van der Waals surface area (Å²) in [5.74, 6) is 5.75. The Hall–Kier alpha value is -4.81. The standard InChI is InChI=1S/C30H21ClF3N5O/c1-17-3-4-20(11-19(17)6-9-24-25-12-22(31)7-5-21(25)14-36-28(24)35)29(40)38-23-8-10-27(26(13-23)30(32,33)34)39-15-18(2)37-16-39/h3-5,7-8,10-16H,1-2H3,(H2,35,36)(H,38,40). The van der Waals surface area contributed by atoms with Crippen molar-refractivity contribution in [1.29, 1.82) is 0 Å². The Kier molecular flexibility index (Phi) is 6.96. The Balaban J connectivity index is 1.45. The van der Waals surface area contributed by atoms with Gasteiger partial charge >= 0.3 is 6.18 Å². The molecule has 0 saturated carbocycles. The molecular formula is C30H21ClF3N5O. The van der Waals surface area contributed by atoms with Crippen molar-refractivity contribution < 1.29 is 18.0 Å². The average molecular weight is 560 g/mol. The number of nitrogen functional groups attached to an aromatic ring is 1. The molecule has 200 valence electrons. The summed E-state index contributed by atoms with van der Waals surface area (Å²) in [6, 6.07) is 13.8. The van der Waals surface area contributed by atoms with Crippen molar-refractivity contribution in [2.45, 2.75) is 20.0 Å². The quantitative estimate of drug-likeness (QED) is 0.234. The van der Waals surface area contributed by atoms with Gasteiger partial charge < -0.3 is 15.6 Å². The van der Waals surface area contributed by atoms with Gasteiger partial charge in [0.05, 0.1) is 28.8 Å². The van der Waals surface area contributed by atoms with Crippen LogP contribution in [0.3, 0.4) is 0 Å². The molecule has 0 radical (unpaired) electrons. The minimum atomic E-state index is -4.65. The number of carbonyl (C=O) groups excluding carboxylic acids is 1. The summed E-state index contributed by atoms with van der Waals surface area (Å²) in [5.41, 5.74) is 7.74. The van der Waals surface area contributed by atoms with Gasteiger partial charge in [0.1, 0.15) is 5.82 Å². The van der Waals surface area contributed by atoms with Gasteiger partial charge in [0, 0.05) is 45.0 Å². The Morgan fingerprint density at radius 1 is 1.02 bits per heavy atom. The van der Waals surface area contributed by atoms with Gasteiger partial charge in [0.2, 0.25) is 0 Å². The maximum Gasteiger partial charge on any atom is 0.418 e. The third kappa shape index (κ3) is 5.48. The molecule has 0 atom stereocenters. The lowest BCUT2D eigenvalue weighted by atomic mass is 10.0. The van der Waals surface area contributed by atoms with Crippen molar-refractivity contribution in [2.24, 2.45) is 0 Å². The van der Waals surface area contributed by atoms with Gasteiger partial charge in [-0.3, -0.25) is 4.79 Å². The molecule has 0 aliphatic heterocycles. The third-order valence-electron chi connectivity index (χ3n) is 6.26. The molecule has 10 heteroatoms. The zero-order chi connectivity index (χ0) is 28.6. The van der Waals surface area contributed by atoms with E-state index in [1.54, 1.807) is 43.5 Å². The number of nitrogens with two attached hydrogens (primary N) is 1. The van der Waals surface area contributed by atoms with E-state index in [0.29, 0.717) is 21.8 Å². The summed E-state index contributed by atoms with van der Waals surface area (Å²) < 4.78 is 42.9. The highest BCUT2D eigenvalue weighted by Crippen LogP contribution is 2.36. The zero-order valence-corrected chi connectivity index (χ0v) is 22.0. The van der Waals surface area contributed by atoms with E-state index < -0.39 is 17.6 Å². The van der Waals surface area contributed by atoms with E-state index in [9.17, 15) is 18.0 Å². The highest BCUT2D eigenvalue weighted by molar-refractivity contribution is 6.31. The molecule has 0 bridgehead atoms. The molecule has 3 aromatic carbocycles. The number of nitrogens with zero attached hydrogens (tertiary/aromatic N) is 3. The fourth-order valence-corrected chi connectivity index (χ4v) is 4.35. The van der Waals surface area contributed by atoms with Crippen LogP contribution >= 0.6 is 11.6 Å². The Morgan fingerprint density at radius 3 is 2.55 bits per heavy atom. The number of nitrogens with one attached hydrogen (secondary N) is 1. The van der Waals surface area contributed by atoms with Crippen molar-refractivity contribution in [3.63, 3.8) is 0 Å². The number of fused-ring (bicyclic) bond motifs is 1. The number of aromatic nitrogens is 3. The second-order valence-electron chi connectivity index (χ2n) is 9.14. The molecule has 5 aromatic rings. The van der Waals surface area contributed by atoms with Gasteiger partial charge in [-0.25, -0.2) is 9.97 Å². The van der Waals surface area contributed by atoms with E-state index in [-0.39, 0.29) is 22.8 Å². The van der Waals surface area contributed by atoms with E-state index >= 15 is 0 Å². The first-order valence-electron chi connectivity index (χ1n) is 12.0. The lowest BCUT2D eigenvalue weighted by molar-refractivity contribution is -0.137. The maximum atomic E-state index is 13.9. The number of pyridine rings is 1. The summed E-state index contributed by atoms with van der Waals surface area (Å²) in [7, 11) is 0. The van der Waals surface area contributed by atoms with Crippen LogP contribution in [-0.2, 0) is 6.18 Å². The SMILES string of the molecule is Cc1cn(-c2ccc(NC(=O)c3ccc(C)c(C#Cc4c(N)ncc5ccc(Cl)cc45)c3)cc2C(F)(F)F)cn1. The van der Waals surface area contributed by atoms with Crippen LogP contribution in [0.1, 0.15) is 38.3 Å². The number of halogens is 4. The number of imidazole rings is 1. The third-order valence-corrected chi connectivity index (χ3v) is 6.49. The van der Waals surface area contributed by atoms with Crippen molar-refractivity contribution in [2.75, 3.05) is 11.1 Å². The van der Waals surface area contributed by atoms with Crippen LogP contribution in [0.4, 0.5) is 24.7 Å². The lowest BCUT2D eigenvalue weighted by Crippen LogP contribution is -2.15. The first kappa shape index (κ1) is 26.8. The molecule has 0 saturated heterocycles. The van der Waals surface area contributed by atoms with E-state index in [2.05, 4.69) is 27.1 Å². The minimum absolute atomic E-state index is 0.00222. The van der Waals surface area contributed by atoms with Crippen molar-refractivity contribution in [3.8, 4) is 17.5 Å². The smallest absolute Gasteiger partial charge is 0.383 e. The number of amides is 1. The molecule has 0 aliphatic rings. The number of anilines is 2. The first-order valence-corrected chi connectivity index (χ1v) is 12.4. The first-order chi connectivity index (χ1) is 19.0. The summed E-state index contributed by atoms with van der Waals surface area (Å²) >= 11 is 6.16. The van der Waals surface area contributed by atoms with Gasteiger partial charge in [-0.2, -0.15) is 13.2 Å². The molecule has 2 heterocycles. The van der Waals surface area contributed by atoms with Crippen LogP contribution in [0.15, 0.2) is 73.3 Å². The van der Waals surface area contributed by atoms with Gasteiger partial charge in [-0.1, -0.05) is 35.6 Å². The Labute approximate surface area is 232 Å². The van der Waals surface area contributed by atoms with Gasteiger partial charge in [0.15, 0.2) is 0 Å². The minimum Gasteiger partial charge on any atom is -0.383 e. The molecular weight excluding hydrogens is 539 g/mol. The fraction of sp³-hybridized carbons (Fsp3) is 0.100. The predicted molar refractivity (Wildman–Crippen MR) is 150 cm³/mol. The van der Waals surface area contributed by atoms with E-state index in [0.717, 1.165) is 22.4 Å². The average Bonchev–Trinajstić information content (AvgIpc) is 3.34. The molecule has 40 heavy (non-hydrogen) atoms. The normalized spacial score (nSPS) is 11.2. The molecule has 0 unspecified atom stereocenters. The summed E-state index contributed by atoms with van der Waals surface area (Å²) in [5, 5.41) is 4.65. The summed E-state index contributed by atoms with van der Waals surface area (Å²) in [6.45, 7) is 3.52. The Morgan fingerprint density at radius 2 is 1.82 bits per heavy atom. The van der Waals surface area contributed by atoms with Crippen LogP contribution in [0.2, 0.25) is 5.02 Å². The number of benzene rings is 3. The largest absolute Gasteiger partial charge is 0.418 e. The summed E-state index contributed by atoms with van der Waals surface area (Å²) in [6.07, 6.45) is -0.212. The molecule has 6 nitrogen and oxygen atoms in total. The molecule has 5 rings (SSSR count). The molecule has 1 amide bonds. The number of carbonyl (C=O) groups is 1. The number of aryl methyl sites for hydroxylation is 2. The number of hydrogen-bond acceptors (Lipinski definition) is 4. The van der Waals surface area contributed by atoms with Crippen LogP contribution in [0.5, 0.6) is 0 Å². The highest BCUT2D eigenvalue weighted by Gasteiger charge is 2.34. The van der Waals surface area contributed by atoms with Crippen LogP contribution in [-0.4, -0.2) is 20.4 Å². The lowest BCUT2D eigenvalue weighted by Gasteiger charge is -2.15. The number of hydrogen-bond donors (Lipinski definition) is 2. The van der Waals surface area contributed by atoms with Crippen molar-refractivity contribution >= 4 is 39.8 Å². The molecule has 0 spiro atoms. The van der Waals surface area contributed by atoms with Crippen LogP contribution in [0, 0.1) is 25.7 Å². The fourth-order valence-electron chi connectivity index (χ4n) is 4.18. The topological polar surface area (TPSA) is 85.8 Å². The predicted octanol–water partition coefficient (Wildman–Crippen LogP) is 6.94. The van der Waals surface area contributed by atoms with Gasteiger partial charge in [0.25, 0.3) is 5.91 Å². The number of rotatable bonds is 3. The van der Waals surface area contributed by atoms with E-state index in [1.165, 1.54) is 29.2 Å². The van der Waals surface area contributed by atoms with Crippen molar-refractivity contribution in [3.05, 3.63) is 112 Å². The van der Waals surface area contributed by atoms with Gasteiger partial charge in [-0.05, 0) is 61.9 Å². The second-order valence-corrected chi connectivity index (χ2v) is 9.57. The molecule has 2 aromatic heterocycles. The molecule has 0 aliphatic carbocycles. The zero-order valence-electron chi connectivity index (χ0n) is 21.3. The van der Waals surface area contributed by atoms with E-state index in [1.807, 2.05) is 13.0 Å². The van der Waals surface area contributed by atoms with Crippen LogP contribution in [0.25, 0.3) is 16.5 Å². The molecule has 3 N–H and O–H groups in total. The Bertz CT molecular complexity index is 1850. The van der Waals surface area contributed by atoms with Gasteiger partial charge in [-0.15, -0.1) is 0 Å². The highest BCUT2D eigenvalue weighted by atomic mass is 35.5. The second kappa shape index (κ2) is 10.4. The van der Waals surface area contributed by atoms with Crippen LogP contribution < -0.4 is 11.1 Å². The number of alkyl halides is 3. The van der Waals surface area contributed by atoms with Crippen molar-refractivity contribution in [1.82, 2.24) is 14.5 Å². The molecule has 0 fully saturated rings. The maximum absolute atomic E-state index is 13.9. The monoisotopic (exact) mass is 559 g/mol.